The van der Waals surface area contributed by atoms with Crippen molar-refractivity contribution in [3.63, 3.8) is 0 Å². The number of imidazole rings is 1. The first kappa shape index (κ1) is 14.4. The molecular formula is C18H16N4O2. The molecular weight excluding hydrogens is 304 g/mol. The molecule has 1 aliphatic heterocycles. The Balaban J connectivity index is 1.72. The smallest absolute Gasteiger partial charge is 0.248 e. The minimum Gasteiger partial charge on any atom is -0.324 e. The van der Waals surface area contributed by atoms with Gasteiger partial charge in [0.05, 0.1) is 17.5 Å². The van der Waals surface area contributed by atoms with Gasteiger partial charge in [-0.15, -0.1) is 0 Å². The van der Waals surface area contributed by atoms with Gasteiger partial charge in [0.2, 0.25) is 17.8 Å². The molecule has 0 spiro atoms. The molecule has 4 rings (SSSR count). The Hall–Kier alpha value is -3.15. The zero-order valence-corrected chi connectivity index (χ0v) is 13.1. The average Bonchev–Trinajstić information content (AvgIpc) is 2.94. The van der Waals surface area contributed by atoms with Crippen molar-refractivity contribution in [2.24, 2.45) is 0 Å². The van der Waals surface area contributed by atoms with Crippen LogP contribution in [0.2, 0.25) is 0 Å². The summed E-state index contributed by atoms with van der Waals surface area (Å²) in [5.41, 5.74) is 3.41. The van der Waals surface area contributed by atoms with Crippen LogP contribution in [-0.2, 0) is 9.59 Å². The molecule has 1 aromatic heterocycles. The molecule has 6 heteroatoms. The number of para-hydroxylation sites is 2. The number of aryl methyl sites for hydroxylation is 1. The van der Waals surface area contributed by atoms with Crippen LogP contribution in [0.15, 0.2) is 48.5 Å². The Kier molecular flexibility index (Phi) is 3.30. The molecule has 2 amide bonds. The maximum atomic E-state index is 12.8. The van der Waals surface area contributed by atoms with Gasteiger partial charge in [-0.2, -0.15) is 0 Å². The molecule has 0 unspecified atom stereocenters. The molecule has 0 aliphatic carbocycles. The zero-order valence-electron chi connectivity index (χ0n) is 13.1. The van der Waals surface area contributed by atoms with Crippen LogP contribution in [0.25, 0.3) is 11.0 Å². The van der Waals surface area contributed by atoms with Gasteiger partial charge in [-0.25, -0.2) is 4.98 Å². The Bertz CT molecular complexity index is 943. The Morgan fingerprint density at radius 3 is 2.75 bits per heavy atom. The molecule has 2 N–H and O–H groups in total. The van der Waals surface area contributed by atoms with Crippen LogP contribution >= 0.6 is 0 Å². The number of carbonyl (C=O) groups is 2. The molecule has 0 fully saturated rings. The summed E-state index contributed by atoms with van der Waals surface area (Å²) in [5, 5.41) is 5.63. The first-order valence-corrected chi connectivity index (χ1v) is 7.76. The van der Waals surface area contributed by atoms with E-state index < -0.39 is 6.04 Å². The van der Waals surface area contributed by atoms with Crippen LogP contribution in [-0.4, -0.2) is 21.4 Å². The molecule has 0 bridgehead atoms. The summed E-state index contributed by atoms with van der Waals surface area (Å²) in [6.07, 6.45) is 0.0883. The van der Waals surface area contributed by atoms with Crippen molar-refractivity contribution in [3.8, 4) is 0 Å². The quantitative estimate of drug-likeness (QED) is 0.762. The molecule has 0 saturated heterocycles. The number of nitrogens with one attached hydrogen (secondary N) is 2. The Morgan fingerprint density at radius 1 is 1.21 bits per heavy atom. The van der Waals surface area contributed by atoms with E-state index >= 15 is 0 Å². The van der Waals surface area contributed by atoms with E-state index in [1.807, 2.05) is 55.5 Å². The van der Waals surface area contributed by atoms with Crippen molar-refractivity contribution in [3.05, 3.63) is 54.1 Å². The number of amides is 2. The van der Waals surface area contributed by atoms with E-state index in [9.17, 15) is 9.59 Å². The maximum absolute atomic E-state index is 12.8. The van der Waals surface area contributed by atoms with Gasteiger partial charge in [-0.05, 0) is 31.2 Å². The van der Waals surface area contributed by atoms with Crippen molar-refractivity contribution in [1.82, 2.24) is 9.55 Å². The van der Waals surface area contributed by atoms with Gasteiger partial charge in [-0.1, -0.05) is 29.8 Å². The van der Waals surface area contributed by atoms with Crippen molar-refractivity contribution < 1.29 is 9.59 Å². The third kappa shape index (κ3) is 2.42. The van der Waals surface area contributed by atoms with Crippen molar-refractivity contribution in [1.29, 1.82) is 0 Å². The number of hydrogen-bond donors (Lipinski definition) is 2. The summed E-state index contributed by atoms with van der Waals surface area (Å²) < 4.78 is 1.79. The summed E-state index contributed by atoms with van der Waals surface area (Å²) >= 11 is 0. The number of fused-ring (bicyclic) bond motifs is 3. The van der Waals surface area contributed by atoms with Gasteiger partial charge in [0, 0.05) is 5.69 Å². The third-order valence-corrected chi connectivity index (χ3v) is 4.16. The highest BCUT2D eigenvalue weighted by Gasteiger charge is 2.32. The fraction of sp³-hybridized carbons (Fsp3) is 0.167. The lowest BCUT2D eigenvalue weighted by molar-refractivity contribution is -0.124. The number of carbonyl (C=O) groups excluding carboxylic acids is 2. The summed E-state index contributed by atoms with van der Waals surface area (Å²) in [5.74, 6) is -0.0172. The first-order chi connectivity index (χ1) is 11.6. The summed E-state index contributed by atoms with van der Waals surface area (Å²) in [6.45, 7) is 1.99. The second-order valence-corrected chi connectivity index (χ2v) is 5.92. The van der Waals surface area contributed by atoms with E-state index in [0.29, 0.717) is 11.6 Å². The highest BCUT2D eigenvalue weighted by molar-refractivity contribution is 6.02. The molecule has 1 atom stereocenters. The molecule has 3 aromatic rings. The zero-order chi connectivity index (χ0) is 16.7. The molecule has 0 saturated carbocycles. The molecule has 1 aliphatic rings. The van der Waals surface area contributed by atoms with Crippen LogP contribution in [0.1, 0.15) is 18.0 Å². The average molecular weight is 320 g/mol. The molecule has 2 heterocycles. The molecule has 6 nitrogen and oxygen atoms in total. The predicted octanol–water partition coefficient (Wildman–Crippen LogP) is 2.87. The van der Waals surface area contributed by atoms with E-state index in [2.05, 4.69) is 15.6 Å². The Morgan fingerprint density at radius 2 is 1.96 bits per heavy atom. The van der Waals surface area contributed by atoms with Gasteiger partial charge in [-0.3, -0.25) is 19.5 Å². The fourth-order valence-electron chi connectivity index (χ4n) is 2.96. The van der Waals surface area contributed by atoms with Gasteiger partial charge in [0.15, 0.2) is 0 Å². The first-order valence-electron chi connectivity index (χ1n) is 7.76. The molecule has 24 heavy (non-hydrogen) atoms. The lowest BCUT2D eigenvalue weighted by Gasteiger charge is -2.25. The number of benzene rings is 2. The van der Waals surface area contributed by atoms with Crippen molar-refractivity contribution in [2.45, 2.75) is 19.4 Å². The minimum absolute atomic E-state index is 0.0883. The maximum Gasteiger partial charge on any atom is 0.248 e. The standard InChI is InChI=1S/C18H16N4O2/c1-11-6-8-12(9-7-11)19-17(24)15-10-16(23)21-18-20-13-4-2-3-5-14(13)22(15)18/h2-9,15H,10H2,1H3,(H,19,24)(H,20,21,23)/t15-/m0/s1. The lowest BCUT2D eigenvalue weighted by atomic mass is 10.1. The van der Waals surface area contributed by atoms with Crippen LogP contribution in [0, 0.1) is 6.92 Å². The summed E-state index contributed by atoms with van der Waals surface area (Å²) in [6, 6.07) is 14.5. The second-order valence-electron chi connectivity index (χ2n) is 5.92. The van der Waals surface area contributed by atoms with E-state index in [4.69, 9.17) is 0 Å². The van der Waals surface area contributed by atoms with E-state index in [1.54, 1.807) is 4.57 Å². The van der Waals surface area contributed by atoms with Crippen LogP contribution in [0.3, 0.4) is 0 Å². The Labute approximate surface area is 138 Å². The van der Waals surface area contributed by atoms with Gasteiger partial charge < -0.3 is 5.32 Å². The van der Waals surface area contributed by atoms with E-state index in [-0.39, 0.29) is 18.2 Å². The van der Waals surface area contributed by atoms with Gasteiger partial charge in [0.1, 0.15) is 6.04 Å². The molecule has 2 aromatic carbocycles. The molecule has 120 valence electrons. The largest absolute Gasteiger partial charge is 0.324 e. The number of anilines is 2. The number of nitrogens with zero attached hydrogens (tertiary/aromatic N) is 2. The SMILES string of the molecule is Cc1ccc(NC(=O)[C@@H]2CC(=O)Nc3nc4ccccc4n32)cc1. The monoisotopic (exact) mass is 320 g/mol. The number of hydrogen-bond acceptors (Lipinski definition) is 3. The van der Waals surface area contributed by atoms with E-state index in [0.717, 1.165) is 16.6 Å². The number of aromatic nitrogens is 2. The third-order valence-electron chi connectivity index (χ3n) is 4.16. The van der Waals surface area contributed by atoms with Crippen LogP contribution < -0.4 is 10.6 Å². The van der Waals surface area contributed by atoms with Gasteiger partial charge in [0.25, 0.3) is 0 Å². The lowest BCUT2D eigenvalue weighted by Crippen LogP contribution is -2.35. The van der Waals surface area contributed by atoms with Crippen molar-refractivity contribution in [2.75, 3.05) is 10.6 Å². The van der Waals surface area contributed by atoms with Crippen LogP contribution in [0.5, 0.6) is 0 Å². The normalized spacial score (nSPS) is 16.5. The number of rotatable bonds is 2. The second kappa shape index (κ2) is 5.49. The van der Waals surface area contributed by atoms with Crippen molar-refractivity contribution >= 4 is 34.5 Å². The summed E-state index contributed by atoms with van der Waals surface area (Å²) in [7, 11) is 0. The highest BCUT2D eigenvalue weighted by atomic mass is 16.2. The topological polar surface area (TPSA) is 76.0 Å². The van der Waals surface area contributed by atoms with Crippen LogP contribution in [0.4, 0.5) is 11.6 Å². The van der Waals surface area contributed by atoms with Gasteiger partial charge >= 0.3 is 0 Å². The summed E-state index contributed by atoms with van der Waals surface area (Å²) in [4.78, 5) is 29.1. The van der Waals surface area contributed by atoms with E-state index in [1.165, 1.54) is 0 Å². The molecule has 0 radical (unpaired) electrons. The predicted molar refractivity (Wildman–Crippen MR) is 91.8 cm³/mol. The highest BCUT2D eigenvalue weighted by Crippen LogP contribution is 2.31. The fourth-order valence-corrected chi connectivity index (χ4v) is 2.96. The minimum atomic E-state index is -0.623.